The van der Waals surface area contributed by atoms with E-state index in [0.29, 0.717) is 13.1 Å². The van der Waals surface area contributed by atoms with Crippen molar-refractivity contribution in [3.05, 3.63) is 22.8 Å². The number of amides is 1. The molecule has 2 unspecified atom stereocenters. The third kappa shape index (κ3) is 3.01. The first-order valence-corrected chi connectivity index (χ1v) is 9.09. The molecule has 2 saturated heterocycles. The molecule has 2 aliphatic heterocycles. The van der Waals surface area contributed by atoms with E-state index in [1.54, 1.807) is 4.90 Å². The fraction of sp³-hybridized carbons (Fsp3) is 0.500. The van der Waals surface area contributed by atoms with Crippen molar-refractivity contribution in [3.8, 4) is 0 Å². The Hall–Kier alpha value is -0.890. The highest BCUT2D eigenvalue weighted by Crippen LogP contribution is 2.28. The van der Waals surface area contributed by atoms with Gasteiger partial charge in [0.1, 0.15) is 5.69 Å². The Morgan fingerprint density at radius 3 is 2.48 bits per heavy atom. The van der Waals surface area contributed by atoms with Crippen LogP contribution in [0.4, 0.5) is 0 Å². The number of nitrogens with zero attached hydrogens (tertiary/aromatic N) is 2. The monoisotopic (exact) mass is 350 g/mol. The zero-order valence-electron chi connectivity index (χ0n) is 10.8. The molecule has 3 heterocycles. The molecule has 1 amide bonds. The number of rotatable bonds is 2. The molecule has 2 aliphatic rings. The number of fused-ring (bicyclic) bond motifs is 2. The minimum absolute atomic E-state index is 0.0337. The SMILES string of the molecule is O=C(c1nc(S(=O)(=O)Cl)ccc1Cl)N1CC2CCC(C1)O2. The third-order valence-electron chi connectivity index (χ3n) is 3.60. The fourth-order valence-electron chi connectivity index (χ4n) is 2.64. The number of aromatic nitrogens is 1. The summed E-state index contributed by atoms with van der Waals surface area (Å²) in [6.45, 7) is 0.927. The van der Waals surface area contributed by atoms with Crippen molar-refractivity contribution < 1.29 is 17.9 Å². The van der Waals surface area contributed by atoms with Crippen molar-refractivity contribution in [2.24, 2.45) is 0 Å². The molecular formula is C12H12Cl2N2O4S. The average Bonchev–Trinajstić information content (AvgIpc) is 2.76. The maximum atomic E-state index is 12.5. The van der Waals surface area contributed by atoms with Crippen LogP contribution in [-0.2, 0) is 13.8 Å². The van der Waals surface area contributed by atoms with Crippen molar-refractivity contribution >= 4 is 37.2 Å². The molecule has 0 spiro atoms. The van der Waals surface area contributed by atoms with Gasteiger partial charge in [-0.2, -0.15) is 0 Å². The Morgan fingerprint density at radius 1 is 1.29 bits per heavy atom. The lowest BCUT2D eigenvalue weighted by molar-refractivity contribution is -0.0305. The summed E-state index contributed by atoms with van der Waals surface area (Å²) in [5.41, 5.74) is -0.0975. The summed E-state index contributed by atoms with van der Waals surface area (Å²) in [5, 5.41) is -0.281. The fourth-order valence-corrected chi connectivity index (χ4v) is 3.52. The van der Waals surface area contributed by atoms with E-state index in [0.717, 1.165) is 12.8 Å². The Bertz CT molecular complexity index is 682. The molecule has 3 rings (SSSR count). The Labute approximate surface area is 131 Å². The number of hydrogen-bond donors (Lipinski definition) is 0. The molecule has 114 valence electrons. The number of ether oxygens (including phenoxy) is 1. The molecule has 1 aromatic heterocycles. The molecule has 2 atom stereocenters. The second kappa shape index (κ2) is 5.39. The highest BCUT2D eigenvalue weighted by Gasteiger charge is 2.37. The van der Waals surface area contributed by atoms with Crippen LogP contribution in [0.3, 0.4) is 0 Å². The van der Waals surface area contributed by atoms with Gasteiger partial charge in [0, 0.05) is 23.8 Å². The van der Waals surface area contributed by atoms with Crippen LogP contribution in [0.1, 0.15) is 23.3 Å². The van der Waals surface area contributed by atoms with Gasteiger partial charge in [-0.15, -0.1) is 0 Å². The first kappa shape index (κ1) is 15.0. The number of hydrogen-bond acceptors (Lipinski definition) is 5. The summed E-state index contributed by atoms with van der Waals surface area (Å²) in [7, 11) is 1.24. The van der Waals surface area contributed by atoms with Crippen molar-refractivity contribution in [1.29, 1.82) is 0 Å². The van der Waals surface area contributed by atoms with Crippen LogP contribution in [0, 0.1) is 0 Å². The predicted molar refractivity (Wildman–Crippen MR) is 76.1 cm³/mol. The first-order chi connectivity index (χ1) is 9.84. The Morgan fingerprint density at radius 2 is 1.90 bits per heavy atom. The molecule has 2 bridgehead atoms. The molecule has 9 heteroatoms. The zero-order valence-corrected chi connectivity index (χ0v) is 13.2. The molecule has 21 heavy (non-hydrogen) atoms. The minimum Gasteiger partial charge on any atom is -0.371 e. The Balaban J connectivity index is 1.91. The van der Waals surface area contributed by atoms with Gasteiger partial charge >= 0.3 is 0 Å². The van der Waals surface area contributed by atoms with Crippen molar-refractivity contribution in [3.63, 3.8) is 0 Å². The highest BCUT2D eigenvalue weighted by molar-refractivity contribution is 8.13. The lowest BCUT2D eigenvalue weighted by atomic mass is 10.2. The second-order valence-corrected chi connectivity index (χ2v) is 8.01. The molecule has 0 aromatic carbocycles. The van der Waals surface area contributed by atoms with E-state index in [9.17, 15) is 13.2 Å². The van der Waals surface area contributed by atoms with Gasteiger partial charge in [-0.3, -0.25) is 4.79 Å². The van der Waals surface area contributed by atoms with Crippen LogP contribution in [-0.4, -0.2) is 49.5 Å². The Kier molecular flexibility index (Phi) is 3.85. The van der Waals surface area contributed by atoms with Gasteiger partial charge < -0.3 is 9.64 Å². The summed E-state index contributed by atoms with van der Waals surface area (Å²) >= 11 is 5.97. The van der Waals surface area contributed by atoms with Crippen molar-refractivity contribution in [2.45, 2.75) is 30.1 Å². The predicted octanol–water partition coefficient (Wildman–Crippen LogP) is 1.67. The van der Waals surface area contributed by atoms with Crippen LogP contribution in [0.25, 0.3) is 0 Å². The van der Waals surface area contributed by atoms with E-state index in [2.05, 4.69) is 4.98 Å². The summed E-state index contributed by atoms with van der Waals surface area (Å²) in [6.07, 6.45) is 1.91. The maximum absolute atomic E-state index is 12.5. The molecule has 0 radical (unpaired) electrons. The standard InChI is InChI=1S/C12H12Cl2N2O4S/c13-9-3-4-10(21(14,18)19)15-11(9)12(17)16-5-7-1-2-8(6-16)20-7/h3-4,7-8H,1-2,5-6H2. The summed E-state index contributed by atoms with van der Waals surface area (Å²) in [5.74, 6) is -0.401. The number of carbonyl (C=O) groups is 1. The van der Waals surface area contributed by atoms with E-state index in [-0.39, 0.29) is 28.0 Å². The second-order valence-electron chi connectivity index (χ2n) is 5.09. The molecule has 1 aromatic rings. The zero-order chi connectivity index (χ0) is 15.2. The van der Waals surface area contributed by atoms with Gasteiger partial charge in [0.2, 0.25) is 0 Å². The molecule has 0 N–H and O–H groups in total. The molecule has 6 nitrogen and oxygen atoms in total. The first-order valence-electron chi connectivity index (χ1n) is 6.40. The minimum atomic E-state index is -4.01. The summed E-state index contributed by atoms with van der Waals surface area (Å²) in [4.78, 5) is 17.9. The van der Waals surface area contributed by atoms with E-state index < -0.39 is 15.0 Å². The van der Waals surface area contributed by atoms with Crippen molar-refractivity contribution in [1.82, 2.24) is 9.88 Å². The van der Waals surface area contributed by atoms with Gasteiger partial charge in [0.15, 0.2) is 5.03 Å². The van der Waals surface area contributed by atoms with Gasteiger partial charge in [0.05, 0.1) is 17.2 Å². The van der Waals surface area contributed by atoms with E-state index in [1.807, 2.05) is 0 Å². The molecule has 2 fully saturated rings. The lowest BCUT2D eigenvalue weighted by Crippen LogP contribution is -2.46. The summed E-state index contributed by atoms with van der Waals surface area (Å²) in [6, 6.07) is 2.48. The van der Waals surface area contributed by atoms with E-state index in [1.165, 1.54) is 12.1 Å². The van der Waals surface area contributed by atoms with Crippen LogP contribution in [0.5, 0.6) is 0 Å². The maximum Gasteiger partial charge on any atom is 0.278 e. The van der Waals surface area contributed by atoms with Crippen LogP contribution in [0.15, 0.2) is 17.2 Å². The van der Waals surface area contributed by atoms with Gasteiger partial charge in [-0.1, -0.05) is 11.6 Å². The number of carbonyl (C=O) groups excluding carboxylic acids is 1. The quantitative estimate of drug-likeness (QED) is 0.758. The number of pyridine rings is 1. The normalized spacial score (nSPS) is 25.1. The number of morpholine rings is 1. The summed E-state index contributed by atoms with van der Waals surface area (Å²) < 4.78 is 28.3. The largest absolute Gasteiger partial charge is 0.371 e. The number of likely N-dealkylation sites (tertiary alicyclic amines) is 1. The van der Waals surface area contributed by atoms with Crippen LogP contribution < -0.4 is 0 Å². The molecule has 0 aliphatic carbocycles. The van der Waals surface area contributed by atoms with Crippen molar-refractivity contribution in [2.75, 3.05) is 13.1 Å². The highest BCUT2D eigenvalue weighted by atomic mass is 35.7. The topological polar surface area (TPSA) is 76.6 Å². The van der Waals surface area contributed by atoms with Gasteiger partial charge in [0.25, 0.3) is 15.0 Å². The van der Waals surface area contributed by atoms with E-state index in [4.69, 9.17) is 27.0 Å². The van der Waals surface area contributed by atoms with Gasteiger partial charge in [-0.25, -0.2) is 13.4 Å². The molecule has 0 saturated carbocycles. The smallest absolute Gasteiger partial charge is 0.278 e. The number of halogens is 2. The van der Waals surface area contributed by atoms with E-state index >= 15 is 0 Å². The van der Waals surface area contributed by atoms with Gasteiger partial charge in [-0.05, 0) is 25.0 Å². The van der Waals surface area contributed by atoms with Crippen LogP contribution >= 0.6 is 22.3 Å². The molecular weight excluding hydrogens is 339 g/mol. The lowest BCUT2D eigenvalue weighted by Gasteiger charge is -2.32. The van der Waals surface area contributed by atoms with Crippen LogP contribution in [0.2, 0.25) is 5.02 Å². The third-order valence-corrected chi connectivity index (χ3v) is 5.11. The average molecular weight is 351 g/mol.